The largest absolute Gasteiger partial charge is 0.401 e. The molecule has 2 N–H and O–H groups in total. The van der Waals surface area contributed by atoms with Crippen LogP contribution in [-0.2, 0) is 0 Å². The van der Waals surface area contributed by atoms with Crippen LogP contribution >= 0.6 is 0 Å². The number of hydrogen-bond acceptors (Lipinski definition) is 2. The molecule has 0 aliphatic heterocycles. The molecule has 0 heterocycles. The maximum atomic E-state index is 12.0. The van der Waals surface area contributed by atoms with Crippen molar-refractivity contribution >= 4 is 0 Å². The molecule has 0 amide bonds. The summed E-state index contributed by atoms with van der Waals surface area (Å²) in [6, 6.07) is 0.0132. The molecule has 2 atom stereocenters. The lowest BCUT2D eigenvalue weighted by Gasteiger charge is -2.21. The second kappa shape index (κ2) is 4.31. The number of rotatable bonds is 3. The molecule has 2 unspecified atom stereocenters. The first-order valence-corrected chi connectivity index (χ1v) is 4.56. The van der Waals surface area contributed by atoms with Crippen molar-refractivity contribution < 1.29 is 13.2 Å². The van der Waals surface area contributed by atoms with Crippen LogP contribution in [0.2, 0.25) is 0 Å². The molecule has 0 aromatic rings. The van der Waals surface area contributed by atoms with Crippen LogP contribution in [0, 0.1) is 5.92 Å². The average Bonchev–Trinajstić information content (AvgIpc) is 2.30. The van der Waals surface area contributed by atoms with E-state index in [2.05, 4.69) is 0 Å². The molecule has 82 valence electrons. The quantitative estimate of drug-likeness (QED) is 0.710. The van der Waals surface area contributed by atoms with E-state index in [-0.39, 0.29) is 12.0 Å². The topological polar surface area (TPSA) is 29.3 Å². The molecule has 1 rings (SSSR count). The summed E-state index contributed by atoms with van der Waals surface area (Å²) in [6.07, 6.45) is 0.394. The highest BCUT2D eigenvalue weighted by Gasteiger charge is 2.30. The summed E-state index contributed by atoms with van der Waals surface area (Å²) in [6.45, 7) is -0.434. The van der Waals surface area contributed by atoms with E-state index in [1.54, 1.807) is 0 Å². The summed E-state index contributed by atoms with van der Waals surface area (Å²) < 4.78 is 35.9. The Morgan fingerprint density at radius 1 is 1.43 bits per heavy atom. The van der Waals surface area contributed by atoms with E-state index in [1.807, 2.05) is 12.2 Å². The van der Waals surface area contributed by atoms with Gasteiger partial charge in [0.1, 0.15) is 0 Å². The molecule has 0 saturated heterocycles. The van der Waals surface area contributed by atoms with Crippen molar-refractivity contribution in [2.45, 2.75) is 18.6 Å². The van der Waals surface area contributed by atoms with Crippen molar-refractivity contribution in [2.75, 3.05) is 20.1 Å². The van der Waals surface area contributed by atoms with Crippen molar-refractivity contribution in [3.8, 4) is 0 Å². The maximum absolute atomic E-state index is 12.0. The van der Waals surface area contributed by atoms with Gasteiger partial charge in [-0.2, -0.15) is 13.2 Å². The van der Waals surface area contributed by atoms with Crippen LogP contribution in [0.3, 0.4) is 0 Å². The predicted octanol–water partition coefficient (Wildman–Crippen LogP) is 1.38. The molecule has 0 aromatic heterocycles. The summed E-state index contributed by atoms with van der Waals surface area (Å²) in [5, 5.41) is 0. The van der Waals surface area contributed by atoms with Crippen molar-refractivity contribution in [3.63, 3.8) is 0 Å². The fraction of sp³-hybridized carbons (Fsp3) is 0.778. The molecule has 0 spiro atoms. The molecule has 0 bridgehead atoms. The van der Waals surface area contributed by atoms with Crippen LogP contribution in [0.25, 0.3) is 0 Å². The number of nitrogens with two attached hydrogens (primary N) is 1. The fourth-order valence-electron chi connectivity index (χ4n) is 1.71. The van der Waals surface area contributed by atoms with E-state index < -0.39 is 12.7 Å². The standard InChI is InChI=1S/C9H15F3N2/c1-14(6-9(10,11)12)5-7-2-3-8(13)4-7/h2-3,7-8H,4-6,13H2,1H3. The average molecular weight is 208 g/mol. The Morgan fingerprint density at radius 2 is 2.07 bits per heavy atom. The molecule has 2 nitrogen and oxygen atoms in total. The molecule has 0 saturated carbocycles. The summed E-state index contributed by atoms with van der Waals surface area (Å²) in [4.78, 5) is 1.28. The van der Waals surface area contributed by atoms with Gasteiger partial charge >= 0.3 is 6.18 Å². The monoisotopic (exact) mass is 208 g/mol. The molecular weight excluding hydrogens is 193 g/mol. The number of halogens is 3. The lowest BCUT2D eigenvalue weighted by Crippen LogP contribution is -2.34. The molecule has 5 heteroatoms. The van der Waals surface area contributed by atoms with Crippen LogP contribution in [0.1, 0.15) is 6.42 Å². The van der Waals surface area contributed by atoms with E-state index in [0.717, 1.165) is 6.42 Å². The van der Waals surface area contributed by atoms with Gasteiger partial charge in [0.25, 0.3) is 0 Å². The third-order valence-corrected chi connectivity index (χ3v) is 2.20. The van der Waals surface area contributed by atoms with Gasteiger partial charge in [-0.1, -0.05) is 12.2 Å². The van der Waals surface area contributed by atoms with Gasteiger partial charge in [-0.15, -0.1) is 0 Å². The minimum Gasteiger partial charge on any atom is -0.324 e. The number of nitrogens with zero attached hydrogens (tertiary/aromatic N) is 1. The highest BCUT2D eigenvalue weighted by atomic mass is 19.4. The Kier molecular flexibility index (Phi) is 3.55. The Balaban J connectivity index is 2.28. The van der Waals surface area contributed by atoms with Crippen molar-refractivity contribution in [1.82, 2.24) is 4.90 Å². The van der Waals surface area contributed by atoms with Gasteiger partial charge < -0.3 is 5.73 Å². The van der Waals surface area contributed by atoms with E-state index in [1.165, 1.54) is 11.9 Å². The van der Waals surface area contributed by atoms with Crippen LogP contribution in [0.4, 0.5) is 13.2 Å². The highest BCUT2D eigenvalue weighted by Crippen LogP contribution is 2.20. The van der Waals surface area contributed by atoms with Crippen LogP contribution in [0.15, 0.2) is 12.2 Å². The zero-order chi connectivity index (χ0) is 10.8. The Morgan fingerprint density at radius 3 is 2.50 bits per heavy atom. The van der Waals surface area contributed by atoms with Gasteiger partial charge in [0.2, 0.25) is 0 Å². The van der Waals surface area contributed by atoms with Gasteiger partial charge in [0, 0.05) is 12.6 Å². The molecule has 0 radical (unpaired) electrons. The smallest absolute Gasteiger partial charge is 0.324 e. The Bertz CT molecular complexity index is 213. The maximum Gasteiger partial charge on any atom is 0.401 e. The van der Waals surface area contributed by atoms with E-state index in [9.17, 15) is 13.2 Å². The van der Waals surface area contributed by atoms with Gasteiger partial charge in [-0.25, -0.2) is 0 Å². The van der Waals surface area contributed by atoms with E-state index in [4.69, 9.17) is 5.73 Å². The van der Waals surface area contributed by atoms with Crippen molar-refractivity contribution in [2.24, 2.45) is 11.7 Å². The summed E-state index contributed by atoms with van der Waals surface area (Å²) in [7, 11) is 1.48. The molecule has 1 aliphatic carbocycles. The van der Waals surface area contributed by atoms with E-state index >= 15 is 0 Å². The normalized spacial score (nSPS) is 27.6. The van der Waals surface area contributed by atoms with Crippen LogP contribution in [0.5, 0.6) is 0 Å². The SMILES string of the molecule is CN(CC1C=CC(N)C1)CC(F)(F)F. The Labute approximate surface area is 81.6 Å². The number of hydrogen-bond donors (Lipinski definition) is 1. The second-order valence-electron chi connectivity index (χ2n) is 3.86. The van der Waals surface area contributed by atoms with Gasteiger partial charge in [0.05, 0.1) is 6.54 Å². The van der Waals surface area contributed by atoms with Crippen LogP contribution < -0.4 is 5.73 Å². The summed E-state index contributed by atoms with van der Waals surface area (Å²) in [5.41, 5.74) is 5.60. The molecule has 0 fully saturated rings. The fourth-order valence-corrected chi connectivity index (χ4v) is 1.71. The van der Waals surface area contributed by atoms with Crippen molar-refractivity contribution in [3.05, 3.63) is 12.2 Å². The zero-order valence-corrected chi connectivity index (χ0v) is 8.09. The number of alkyl halides is 3. The first-order valence-electron chi connectivity index (χ1n) is 4.56. The first kappa shape index (κ1) is 11.5. The Hall–Kier alpha value is -0.550. The lowest BCUT2D eigenvalue weighted by atomic mass is 10.1. The molecule has 0 aromatic carbocycles. The van der Waals surface area contributed by atoms with Gasteiger partial charge in [-0.05, 0) is 19.4 Å². The van der Waals surface area contributed by atoms with E-state index in [0.29, 0.717) is 6.54 Å². The zero-order valence-electron chi connectivity index (χ0n) is 8.09. The van der Waals surface area contributed by atoms with Gasteiger partial charge in [-0.3, -0.25) is 4.90 Å². The predicted molar refractivity (Wildman–Crippen MR) is 48.8 cm³/mol. The summed E-state index contributed by atoms with van der Waals surface area (Å²) >= 11 is 0. The molecule has 1 aliphatic rings. The highest BCUT2D eigenvalue weighted by molar-refractivity contribution is 5.05. The van der Waals surface area contributed by atoms with Crippen molar-refractivity contribution in [1.29, 1.82) is 0 Å². The minimum absolute atomic E-state index is 0.0132. The molecular formula is C9H15F3N2. The lowest BCUT2D eigenvalue weighted by molar-refractivity contribution is -0.143. The molecule has 14 heavy (non-hydrogen) atoms. The van der Waals surface area contributed by atoms with Crippen LogP contribution in [-0.4, -0.2) is 37.3 Å². The third-order valence-electron chi connectivity index (χ3n) is 2.20. The third kappa shape index (κ3) is 4.11. The first-order chi connectivity index (χ1) is 6.37. The minimum atomic E-state index is -4.11. The second-order valence-corrected chi connectivity index (χ2v) is 3.86. The summed E-state index contributed by atoms with van der Waals surface area (Å²) in [5.74, 6) is 0.164. The van der Waals surface area contributed by atoms with Gasteiger partial charge in [0.15, 0.2) is 0 Å².